The van der Waals surface area contributed by atoms with Crippen molar-refractivity contribution < 1.29 is 5.11 Å². The van der Waals surface area contributed by atoms with E-state index in [-0.39, 0.29) is 6.61 Å². The Morgan fingerprint density at radius 1 is 1.50 bits per heavy atom. The van der Waals surface area contributed by atoms with Crippen LogP contribution in [-0.2, 0) is 6.61 Å². The summed E-state index contributed by atoms with van der Waals surface area (Å²) in [5.41, 5.74) is 0. The van der Waals surface area contributed by atoms with Crippen LogP contribution in [0.1, 0.15) is 44.9 Å². The molecule has 0 spiro atoms. The highest BCUT2D eigenvalue weighted by atomic mass is 32.1. The van der Waals surface area contributed by atoms with E-state index in [0.717, 1.165) is 23.0 Å². The fraction of sp³-hybridized carbons (Fsp3) is 0.750. The van der Waals surface area contributed by atoms with Gasteiger partial charge in [-0.15, -0.1) is 0 Å². The number of anilines is 1. The van der Waals surface area contributed by atoms with E-state index in [0.29, 0.717) is 6.04 Å². The average Bonchev–Trinajstić information content (AvgIpc) is 2.77. The molecule has 3 nitrogen and oxygen atoms in total. The molecule has 1 atom stereocenters. The monoisotopic (exact) mass is 242 g/mol. The molecule has 1 aromatic heterocycles. The number of rotatable bonds is 7. The molecule has 0 amide bonds. The van der Waals surface area contributed by atoms with E-state index in [1.165, 1.54) is 12.8 Å². The summed E-state index contributed by atoms with van der Waals surface area (Å²) in [6.45, 7) is 7.79. The Morgan fingerprint density at radius 3 is 2.75 bits per heavy atom. The molecule has 1 unspecified atom stereocenters. The number of thiazole rings is 1. The Kier molecular flexibility index (Phi) is 5.77. The van der Waals surface area contributed by atoms with Gasteiger partial charge in [0.25, 0.3) is 0 Å². The van der Waals surface area contributed by atoms with Gasteiger partial charge in [0.05, 0.1) is 11.5 Å². The van der Waals surface area contributed by atoms with Gasteiger partial charge in [-0.1, -0.05) is 31.6 Å². The van der Waals surface area contributed by atoms with Crippen LogP contribution in [0.4, 0.5) is 5.13 Å². The summed E-state index contributed by atoms with van der Waals surface area (Å²) >= 11 is 1.60. The number of aliphatic hydroxyl groups is 1. The largest absolute Gasteiger partial charge is 0.391 e. The molecule has 0 saturated carbocycles. The molecule has 0 radical (unpaired) electrons. The predicted octanol–water partition coefficient (Wildman–Crippen LogP) is 3.04. The summed E-state index contributed by atoms with van der Waals surface area (Å²) in [5.74, 6) is 0. The normalized spacial score (nSPS) is 12.8. The van der Waals surface area contributed by atoms with E-state index < -0.39 is 0 Å². The van der Waals surface area contributed by atoms with Gasteiger partial charge in [0, 0.05) is 18.8 Å². The van der Waals surface area contributed by atoms with Crippen LogP contribution in [0.25, 0.3) is 0 Å². The molecule has 0 aliphatic carbocycles. The SMILES string of the molecule is CCCCN(c1ncc(CO)s1)C(C)CC. The number of aromatic nitrogens is 1. The van der Waals surface area contributed by atoms with E-state index >= 15 is 0 Å². The molecular weight excluding hydrogens is 220 g/mol. The van der Waals surface area contributed by atoms with Crippen LogP contribution >= 0.6 is 11.3 Å². The lowest BCUT2D eigenvalue weighted by Crippen LogP contribution is -2.33. The molecule has 92 valence electrons. The number of aliphatic hydroxyl groups excluding tert-OH is 1. The Hall–Kier alpha value is -0.610. The zero-order valence-electron chi connectivity index (χ0n) is 10.4. The van der Waals surface area contributed by atoms with Crippen LogP contribution in [0.5, 0.6) is 0 Å². The Labute approximate surface area is 102 Å². The van der Waals surface area contributed by atoms with Gasteiger partial charge >= 0.3 is 0 Å². The van der Waals surface area contributed by atoms with E-state index in [1.54, 1.807) is 17.5 Å². The number of nitrogens with zero attached hydrogens (tertiary/aromatic N) is 2. The summed E-state index contributed by atoms with van der Waals surface area (Å²) in [6, 6.07) is 0.518. The third kappa shape index (κ3) is 3.46. The molecule has 0 saturated heterocycles. The van der Waals surface area contributed by atoms with Gasteiger partial charge in [-0.2, -0.15) is 0 Å². The maximum atomic E-state index is 9.06. The minimum atomic E-state index is 0.0970. The molecule has 1 rings (SSSR count). The molecule has 0 aliphatic heterocycles. The summed E-state index contributed by atoms with van der Waals surface area (Å²) in [4.78, 5) is 7.69. The van der Waals surface area contributed by atoms with Crippen molar-refractivity contribution in [3.63, 3.8) is 0 Å². The standard InChI is InChI=1S/C12H22N2OS/c1-4-6-7-14(10(3)5-2)12-13-8-11(9-15)16-12/h8,10,15H,4-7,9H2,1-3H3. The molecule has 1 N–H and O–H groups in total. The summed E-state index contributed by atoms with van der Waals surface area (Å²) < 4.78 is 0. The zero-order chi connectivity index (χ0) is 12.0. The molecule has 0 bridgehead atoms. The third-order valence-electron chi connectivity index (χ3n) is 2.82. The van der Waals surface area contributed by atoms with Crippen LogP contribution in [0.3, 0.4) is 0 Å². The van der Waals surface area contributed by atoms with Gasteiger partial charge in [-0.3, -0.25) is 0 Å². The van der Waals surface area contributed by atoms with Crippen LogP contribution in [0.2, 0.25) is 0 Å². The van der Waals surface area contributed by atoms with E-state index in [1.807, 2.05) is 0 Å². The molecule has 1 aromatic rings. The van der Waals surface area contributed by atoms with Crippen LogP contribution in [0.15, 0.2) is 6.20 Å². The highest BCUT2D eigenvalue weighted by Gasteiger charge is 2.15. The lowest BCUT2D eigenvalue weighted by atomic mass is 10.2. The first-order valence-corrected chi connectivity index (χ1v) is 6.86. The number of unbranched alkanes of at least 4 members (excludes halogenated alkanes) is 1. The molecule has 0 fully saturated rings. The second-order valence-corrected chi connectivity index (χ2v) is 5.17. The molecule has 0 aromatic carbocycles. The Bertz CT molecular complexity index is 301. The first kappa shape index (κ1) is 13.5. The first-order chi connectivity index (χ1) is 7.72. The highest BCUT2D eigenvalue weighted by Crippen LogP contribution is 2.25. The second kappa shape index (κ2) is 6.86. The molecule has 1 heterocycles. The van der Waals surface area contributed by atoms with Crippen molar-refractivity contribution in [3.05, 3.63) is 11.1 Å². The second-order valence-electron chi connectivity index (χ2n) is 4.07. The van der Waals surface area contributed by atoms with Crippen molar-refractivity contribution in [1.29, 1.82) is 0 Å². The van der Waals surface area contributed by atoms with Gasteiger partial charge in [-0.25, -0.2) is 4.98 Å². The molecular formula is C12H22N2OS. The van der Waals surface area contributed by atoms with Gasteiger partial charge in [-0.05, 0) is 19.8 Å². The highest BCUT2D eigenvalue weighted by molar-refractivity contribution is 7.15. The van der Waals surface area contributed by atoms with Gasteiger partial charge in [0.1, 0.15) is 0 Å². The van der Waals surface area contributed by atoms with E-state index in [2.05, 4.69) is 30.7 Å². The van der Waals surface area contributed by atoms with E-state index in [9.17, 15) is 0 Å². The van der Waals surface area contributed by atoms with Crippen LogP contribution in [-0.4, -0.2) is 22.7 Å². The first-order valence-electron chi connectivity index (χ1n) is 6.05. The fourth-order valence-corrected chi connectivity index (χ4v) is 2.45. The maximum absolute atomic E-state index is 9.06. The van der Waals surface area contributed by atoms with Crippen LogP contribution in [0, 0.1) is 0 Å². The molecule has 4 heteroatoms. The van der Waals surface area contributed by atoms with Gasteiger partial charge in [0.15, 0.2) is 5.13 Å². The van der Waals surface area contributed by atoms with Gasteiger partial charge < -0.3 is 10.0 Å². The minimum absolute atomic E-state index is 0.0970. The molecule has 16 heavy (non-hydrogen) atoms. The van der Waals surface area contributed by atoms with Gasteiger partial charge in [0.2, 0.25) is 0 Å². The summed E-state index contributed by atoms with van der Waals surface area (Å²) in [5, 5.41) is 10.1. The predicted molar refractivity (Wildman–Crippen MR) is 70.0 cm³/mol. The van der Waals surface area contributed by atoms with Crippen molar-refractivity contribution in [2.24, 2.45) is 0 Å². The van der Waals surface area contributed by atoms with Crippen molar-refractivity contribution in [3.8, 4) is 0 Å². The lowest BCUT2D eigenvalue weighted by Gasteiger charge is -2.27. The fourth-order valence-electron chi connectivity index (χ4n) is 1.56. The van der Waals surface area contributed by atoms with Crippen molar-refractivity contribution >= 4 is 16.5 Å². The summed E-state index contributed by atoms with van der Waals surface area (Å²) in [7, 11) is 0. The molecule has 0 aliphatic rings. The van der Waals surface area contributed by atoms with Crippen molar-refractivity contribution in [1.82, 2.24) is 4.98 Å². The Morgan fingerprint density at radius 2 is 2.25 bits per heavy atom. The maximum Gasteiger partial charge on any atom is 0.185 e. The average molecular weight is 242 g/mol. The Balaban J connectivity index is 2.74. The number of hydrogen-bond acceptors (Lipinski definition) is 4. The summed E-state index contributed by atoms with van der Waals surface area (Å²) in [6.07, 6.45) is 5.29. The smallest absolute Gasteiger partial charge is 0.185 e. The topological polar surface area (TPSA) is 36.4 Å². The van der Waals surface area contributed by atoms with Crippen molar-refractivity contribution in [2.75, 3.05) is 11.4 Å². The van der Waals surface area contributed by atoms with Crippen LogP contribution < -0.4 is 4.90 Å². The zero-order valence-corrected chi connectivity index (χ0v) is 11.3. The third-order valence-corrected chi connectivity index (χ3v) is 3.84. The lowest BCUT2D eigenvalue weighted by molar-refractivity contribution is 0.285. The van der Waals surface area contributed by atoms with E-state index in [4.69, 9.17) is 5.11 Å². The number of hydrogen-bond donors (Lipinski definition) is 1. The quantitative estimate of drug-likeness (QED) is 0.798. The van der Waals surface area contributed by atoms with Crippen molar-refractivity contribution in [2.45, 2.75) is 52.7 Å². The minimum Gasteiger partial charge on any atom is -0.391 e.